The van der Waals surface area contributed by atoms with Crippen LogP contribution in [0.4, 0.5) is 5.82 Å². The predicted molar refractivity (Wildman–Crippen MR) is 91.9 cm³/mol. The lowest BCUT2D eigenvalue weighted by molar-refractivity contribution is 1.26. The molecule has 0 aliphatic rings. The van der Waals surface area contributed by atoms with Crippen molar-refractivity contribution in [2.45, 2.75) is 6.92 Å². The Morgan fingerprint density at radius 1 is 1.23 bits per heavy atom. The Morgan fingerprint density at radius 3 is 2.55 bits per heavy atom. The molecule has 0 spiro atoms. The fourth-order valence-corrected chi connectivity index (χ4v) is 3.38. The molecule has 0 fully saturated rings. The molecular weight excluding hydrogens is 314 g/mol. The molecular formula is C17H12ClN3S. The molecule has 0 aliphatic carbocycles. The maximum absolute atomic E-state index is 9.44. The first kappa shape index (κ1) is 14.6. The standard InChI is InChI=1S/C17H12ClN3S/c1-10-15(14-3-2-8-22-14)13(9-19)17(20)21-16(10)11-4-6-12(18)7-5-11/h2-8H,1H3,(H2,20,21). The molecule has 5 heteroatoms. The molecule has 2 heterocycles. The summed E-state index contributed by atoms with van der Waals surface area (Å²) < 4.78 is 0. The van der Waals surface area contributed by atoms with Gasteiger partial charge in [-0.3, -0.25) is 0 Å². The van der Waals surface area contributed by atoms with Crippen LogP contribution < -0.4 is 5.73 Å². The molecule has 108 valence electrons. The Hall–Kier alpha value is -2.35. The number of nitrogens with zero attached hydrogens (tertiary/aromatic N) is 2. The number of aromatic nitrogens is 1. The largest absolute Gasteiger partial charge is 0.383 e. The molecule has 1 aromatic carbocycles. The van der Waals surface area contributed by atoms with Crippen molar-refractivity contribution in [2.24, 2.45) is 0 Å². The Labute approximate surface area is 137 Å². The van der Waals surface area contributed by atoms with Crippen LogP contribution in [0.1, 0.15) is 11.1 Å². The first-order valence-electron chi connectivity index (χ1n) is 6.62. The van der Waals surface area contributed by atoms with Gasteiger partial charge < -0.3 is 5.73 Å². The summed E-state index contributed by atoms with van der Waals surface area (Å²) in [6, 6.07) is 13.6. The fraction of sp³-hybridized carbons (Fsp3) is 0.0588. The molecule has 0 unspecified atom stereocenters. The third-order valence-electron chi connectivity index (χ3n) is 3.47. The molecule has 3 nitrogen and oxygen atoms in total. The van der Waals surface area contributed by atoms with Crippen LogP contribution in [0, 0.1) is 18.3 Å². The van der Waals surface area contributed by atoms with Gasteiger partial charge in [0.2, 0.25) is 0 Å². The van der Waals surface area contributed by atoms with Crippen LogP contribution in [-0.4, -0.2) is 4.98 Å². The summed E-state index contributed by atoms with van der Waals surface area (Å²) in [6.45, 7) is 1.96. The number of hydrogen-bond donors (Lipinski definition) is 1. The topological polar surface area (TPSA) is 62.7 Å². The summed E-state index contributed by atoms with van der Waals surface area (Å²) in [5.41, 5.74) is 9.95. The summed E-state index contributed by atoms with van der Waals surface area (Å²) in [4.78, 5) is 5.44. The maximum Gasteiger partial charge on any atom is 0.142 e. The van der Waals surface area contributed by atoms with Crippen molar-refractivity contribution in [3.05, 3.63) is 57.9 Å². The Morgan fingerprint density at radius 2 is 1.95 bits per heavy atom. The summed E-state index contributed by atoms with van der Waals surface area (Å²) in [5, 5.41) is 12.1. The van der Waals surface area contributed by atoms with E-state index in [0.717, 1.165) is 27.3 Å². The molecule has 2 N–H and O–H groups in total. The molecule has 22 heavy (non-hydrogen) atoms. The predicted octanol–water partition coefficient (Wildman–Crippen LogP) is 4.89. The van der Waals surface area contributed by atoms with Gasteiger partial charge in [0.1, 0.15) is 17.5 Å². The quantitative estimate of drug-likeness (QED) is 0.729. The molecule has 0 bridgehead atoms. The third-order valence-corrected chi connectivity index (χ3v) is 4.60. The minimum Gasteiger partial charge on any atom is -0.383 e. The highest BCUT2D eigenvalue weighted by atomic mass is 35.5. The smallest absolute Gasteiger partial charge is 0.142 e. The van der Waals surface area contributed by atoms with E-state index in [2.05, 4.69) is 11.1 Å². The van der Waals surface area contributed by atoms with Gasteiger partial charge in [-0.15, -0.1) is 11.3 Å². The molecule has 0 amide bonds. The highest BCUT2D eigenvalue weighted by Gasteiger charge is 2.18. The van der Waals surface area contributed by atoms with E-state index in [0.29, 0.717) is 10.6 Å². The van der Waals surface area contributed by atoms with E-state index < -0.39 is 0 Å². The number of rotatable bonds is 2. The zero-order valence-corrected chi connectivity index (χ0v) is 13.4. The van der Waals surface area contributed by atoms with Crippen LogP contribution in [-0.2, 0) is 0 Å². The molecule has 0 radical (unpaired) electrons. The van der Waals surface area contributed by atoms with Gasteiger partial charge in [0.15, 0.2) is 0 Å². The van der Waals surface area contributed by atoms with Gasteiger partial charge >= 0.3 is 0 Å². The maximum atomic E-state index is 9.44. The number of benzene rings is 1. The number of thiophene rings is 1. The second-order valence-electron chi connectivity index (χ2n) is 4.82. The summed E-state index contributed by atoms with van der Waals surface area (Å²) in [7, 11) is 0. The van der Waals surface area contributed by atoms with E-state index in [1.807, 2.05) is 48.7 Å². The van der Waals surface area contributed by atoms with Crippen molar-refractivity contribution >= 4 is 28.8 Å². The van der Waals surface area contributed by atoms with E-state index in [-0.39, 0.29) is 5.82 Å². The molecule has 0 saturated heterocycles. The molecule has 0 aliphatic heterocycles. The van der Waals surface area contributed by atoms with Crippen molar-refractivity contribution in [1.29, 1.82) is 5.26 Å². The number of halogens is 1. The Balaban J connectivity index is 2.30. The number of anilines is 1. The number of hydrogen-bond acceptors (Lipinski definition) is 4. The number of nitrogen functional groups attached to an aromatic ring is 1. The van der Waals surface area contributed by atoms with Crippen molar-refractivity contribution in [3.8, 4) is 27.8 Å². The SMILES string of the molecule is Cc1c(-c2ccc(Cl)cc2)nc(N)c(C#N)c1-c1cccs1. The van der Waals surface area contributed by atoms with E-state index >= 15 is 0 Å². The van der Waals surface area contributed by atoms with Crippen LogP contribution in [0.25, 0.3) is 21.7 Å². The normalized spacial score (nSPS) is 10.4. The number of pyridine rings is 1. The highest BCUT2D eigenvalue weighted by Crippen LogP contribution is 2.37. The summed E-state index contributed by atoms with van der Waals surface area (Å²) in [6.07, 6.45) is 0. The monoisotopic (exact) mass is 325 g/mol. The van der Waals surface area contributed by atoms with E-state index in [1.54, 1.807) is 11.3 Å². The molecule has 3 rings (SSSR count). The number of nitriles is 1. The minimum atomic E-state index is 0.251. The second-order valence-corrected chi connectivity index (χ2v) is 6.20. The van der Waals surface area contributed by atoms with Crippen LogP contribution in [0.3, 0.4) is 0 Å². The average Bonchev–Trinajstić information content (AvgIpc) is 3.03. The van der Waals surface area contributed by atoms with E-state index in [1.165, 1.54) is 0 Å². The lowest BCUT2D eigenvalue weighted by atomic mass is 9.97. The highest BCUT2D eigenvalue weighted by molar-refractivity contribution is 7.13. The van der Waals surface area contributed by atoms with Crippen molar-refractivity contribution in [3.63, 3.8) is 0 Å². The van der Waals surface area contributed by atoms with Gasteiger partial charge in [-0.05, 0) is 36.1 Å². The molecule has 0 atom stereocenters. The first-order chi connectivity index (χ1) is 10.6. The third kappa shape index (κ3) is 2.45. The minimum absolute atomic E-state index is 0.251. The van der Waals surface area contributed by atoms with Gasteiger partial charge in [0.05, 0.1) is 5.69 Å². The Bertz CT molecular complexity index is 862. The lowest BCUT2D eigenvalue weighted by Gasteiger charge is -2.13. The van der Waals surface area contributed by atoms with Gasteiger partial charge in [-0.2, -0.15) is 5.26 Å². The molecule has 0 saturated carbocycles. The zero-order chi connectivity index (χ0) is 15.7. The molecule has 2 aromatic heterocycles. The summed E-state index contributed by atoms with van der Waals surface area (Å²) >= 11 is 7.52. The van der Waals surface area contributed by atoms with Crippen LogP contribution >= 0.6 is 22.9 Å². The van der Waals surface area contributed by atoms with Crippen LogP contribution in [0.15, 0.2) is 41.8 Å². The van der Waals surface area contributed by atoms with Crippen molar-refractivity contribution in [1.82, 2.24) is 4.98 Å². The summed E-state index contributed by atoms with van der Waals surface area (Å²) in [5.74, 6) is 0.251. The van der Waals surface area contributed by atoms with Gasteiger partial charge in [0.25, 0.3) is 0 Å². The van der Waals surface area contributed by atoms with Crippen molar-refractivity contribution < 1.29 is 0 Å². The van der Waals surface area contributed by atoms with Crippen molar-refractivity contribution in [2.75, 3.05) is 5.73 Å². The number of nitrogens with two attached hydrogens (primary N) is 1. The van der Waals surface area contributed by atoms with E-state index in [4.69, 9.17) is 17.3 Å². The van der Waals surface area contributed by atoms with Gasteiger partial charge in [-0.25, -0.2) is 4.98 Å². The van der Waals surface area contributed by atoms with Crippen LogP contribution in [0.2, 0.25) is 5.02 Å². The van der Waals surface area contributed by atoms with Gasteiger partial charge in [0, 0.05) is 21.0 Å². The van der Waals surface area contributed by atoms with E-state index in [9.17, 15) is 5.26 Å². The molecule has 3 aromatic rings. The average molecular weight is 326 g/mol. The first-order valence-corrected chi connectivity index (χ1v) is 7.87. The van der Waals surface area contributed by atoms with Crippen LogP contribution in [0.5, 0.6) is 0 Å². The Kier molecular flexibility index (Phi) is 3.84. The fourth-order valence-electron chi connectivity index (χ4n) is 2.42. The van der Waals surface area contributed by atoms with Gasteiger partial charge in [-0.1, -0.05) is 29.8 Å². The zero-order valence-electron chi connectivity index (χ0n) is 11.8. The lowest BCUT2D eigenvalue weighted by Crippen LogP contribution is -2.02. The second kappa shape index (κ2) is 5.80.